The number of hydrogen-bond donors (Lipinski definition) is 7. The number of fused-ring (bicyclic) bond motifs is 1. The number of aliphatic hydroxyl groups is 1. The van der Waals surface area contributed by atoms with E-state index >= 15 is 0 Å². The van der Waals surface area contributed by atoms with Crippen LogP contribution in [-0.2, 0) is 11.8 Å². The fourth-order valence-corrected chi connectivity index (χ4v) is 6.11. The SMILES string of the molecule is CC1(C)CCCc2c(C(=O)NC3CN4C(N)=N[C@@H](CN)[C@@H]5[NH+]=C(N)N[C@@]54[C@@H]3O)cccc21. The molecule has 1 saturated heterocycles. The number of aliphatic imine (C=N–C) groups is 1. The number of amides is 1. The number of hydrogen-bond acceptors (Lipinski definition) is 8. The Labute approximate surface area is 187 Å². The maximum Gasteiger partial charge on any atom is 0.343 e. The van der Waals surface area contributed by atoms with Crippen LogP contribution in [-0.4, -0.2) is 70.8 Å². The van der Waals surface area contributed by atoms with Gasteiger partial charge in [0.25, 0.3) is 5.91 Å². The summed E-state index contributed by atoms with van der Waals surface area (Å²) < 4.78 is 0. The molecule has 5 atom stereocenters. The molecule has 3 heterocycles. The van der Waals surface area contributed by atoms with Gasteiger partial charge in [0.15, 0.2) is 12.0 Å². The van der Waals surface area contributed by atoms with Gasteiger partial charge in [-0.25, -0.2) is 10.3 Å². The summed E-state index contributed by atoms with van der Waals surface area (Å²) in [6.45, 7) is 5.00. The molecule has 1 unspecified atom stereocenters. The summed E-state index contributed by atoms with van der Waals surface area (Å²) in [7, 11) is 0. The highest BCUT2D eigenvalue weighted by molar-refractivity contribution is 5.96. The highest BCUT2D eigenvalue weighted by Crippen LogP contribution is 2.39. The molecule has 5 rings (SSSR count). The summed E-state index contributed by atoms with van der Waals surface area (Å²) >= 11 is 0. The third-order valence-corrected chi connectivity index (χ3v) is 7.67. The quantitative estimate of drug-likeness (QED) is 0.259. The van der Waals surface area contributed by atoms with E-state index in [9.17, 15) is 9.90 Å². The highest BCUT2D eigenvalue weighted by Gasteiger charge is 2.68. The number of aliphatic hydroxyl groups excluding tert-OH is 1. The van der Waals surface area contributed by atoms with E-state index in [1.54, 1.807) is 4.90 Å². The molecule has 1 amide bonds. The van der Waals surface area contributed by atoms with Crippen molar-refractivity contribution in [3.8, 4) is 0 Å². The van der Waals surface area contributed by atoms with Crippen LogP contribution in [0, 0.1) is 0 Å². The first-order chi connectivity index (χ1) is 15.2. The molecule has 10 heteroatoms. The summed E-state index contributed by atoms with van der Waals surface area (Å²) in [6.07, 6.45) is 2.04. The van der Waals surface area contributed by atoms with Gasteiger partial charge < -0.3 is 26.8 Å². The van der Waals surface area contributed by atoms with E-state index in [2.05, 4.69) is 40.5 Å². The number of nitrogens with one attached hydrogen (secondary N) is 3. The molecular formula is C22H33N8O2+. The van der Waals surface area contributed by atoms with Crippen molar-refractivity contribution < 1.29 is 14.9 Å². The van der Waals surface area contributed by atoms with Crippen LogP contribution in [0.1, 0.15) is 48.2 Å². The zero-order chi connectivity index (χ0) is 22.8. The van der Waals surface area contributed by atoms with Gasteiger partial charge in [-0.3, -0.25) is 15.5 Å². The van der Waals surface area contributed by atoms with E-state index in [0.717, 1.165) is 24.8 Å². The molecule has 10 N–H and O–H groups in total. The van der Waals surface area contributed by atoms with Crippen LogP contribution in [0.5, 0.6) is 0 Å². The topological polar surface area (TPSA) is 169 Å². The van der Waals surface area contributed by atoms with Crippen LogP contribution in [0.25, 0.3) is 0 Å². The second-order valence-electron chi connectivity index (χ2n) is 9.98. The summed E-state index contributed by atoms with van der Waals surface area (Å²) in [6, 6.07) is 4.64. The van der Waals surface area contributed by atoms with Gasteiger partial charge >= 0.3 is 5.96 Å². The lowest BCUT2D eigenvalue weighted by Crippen LogP contribution is -2.88. The predicted molar refractivity (Wildman–Crippen MR) is 121 cm³/mol. The van der Waals surface area contributed by atoms with E-state index in [1.165, 1.54) is 5.56 Å². The highest BCUT2D eigenvalue weighted by atomic mass is 16.3. The maximum absolute atomic E-state index is 13.4. The first-order valence-corrected chi connectivity index (χ1v) is 11.3. The summed E-state index contributed by atoms with van der Waals surface area (Å²) in [5.74, 6) is 0.411. The number of nitrogens with two attached hydrogens (primary N) is 3. The monoisotopic (exact) mass is 441 g/mol. The van der Waals surface area contributed by atoms with E-state index in [1.807, 2.05) is 12.1 Å². The van der Waals surface area contributed by atoms with Crippen LogP contribution in [0.15, 0.2) is 23.2 Å². The van der Waals surface area contributed by atoms with E-state index in [-0.39, 0.29) is 35.9 Å². The van der Waals surface area contributed by atoms with Crippen molar-refractivity contribution in [1.29, 1.82) is 0 Å². The zero-order valence-corrected chi connectivity index (χ0v) is 18.6. The van der Waals surface area contributed by atoms with E-state index < -0.39 is 17.8 Å². The van der Waals surface area contributed by atoms with Gasteiger partial charge in [-0.15, -0.1) is 0 Å². The third-order valence-electron chi connectivity index (χ3n) is 7.67. The third kappa shape index (κ3) is 2.82. The lowest BCUT2D eigenvalue weighted by atomic mass is 9.71. The van der Waals surface area contributed by atoms with Gasteiger partial charge in [0, 0.05) is 18.7 Å². The van der Waals surface area contributed by atoms with Crippen molar-refractivity contribution in [3.63, 3.8) is 0 Å². The number of carbonyl (C=O) groups excluding carboxylic acids is 1. The second kappa shape index (κ2) is 7.08. The molecule has 4 aliphatic rings. The number of carbonyl (C=O) groups is 1. The minimum atomic E-state index is -1.02. The molecule has 1 aliphatic carbocycles. The Balaban J connectivity index is 1.44. The van der Waals surface area contributed by atoms with Crippen LogP contribution in [0.3, 0.4) is 0 Å². The first kappa shape index (κ1) is 21.0. The molecule has 0 aromatic heterocycles. The largest absolute Gasteiger partial charge is 0.385 e. The van der Waals surface area contributed by atoms with Gasteiger partial charge in [-0.1, -0.05) is 26.0 Å². The predicted octanol–water partition coefficient (Wildman–Crippen LogP) is -3.21. The average molecular weight is 442 g/mol. The molecule has 1 spiro atoms. The first-order valence-electron chi connectivity index (χ1n) is 11.3. The van der Waals surface area contributed by atoms with Gasteiger partial charge in [0.2, 0.25) is 5.66 Å². The van der Waals surface area contributed by atoms with Crippen LogP contribution < -0.4 is 32.8 Å². The number of nitrogens with zero attached hydrogens (tertiary/aromatic N) is 2. The normalized spacial score (nSPS) is 34.6. The fraction of sp³-hybridized carbons (Fsp3) is 0.591. The van der Waals surface area contributed by atoms with Crippen molar-refractivity contribution in [2.45, 2.75) is 68.4 Å². The number of benzene rings is 1. The van der Waals surface area contributed by atoms with Crippen LogP contribution in [0.2, 0.25) is 0 Å². The maximum atomic E-state index is 13.4. The Kier molecular flexibility index (Phi) is 4.65. The van der Waals surface area contributed by atoms with Crippen molar-refractivity contribution in [1.82, 2.24) is 15.5 Å². The molecule has 0 bridgehead atoms. The molecule has 32 heavy (non-hydrogen) atoms. The molecule has 1 fully saturated rings. The van der Waals surface area contributed by atoms with E-state index in [0.29, 0.717) is 18.1 Å². The van der Waals surface area contributed by atoms with Gasteiger partial charge in [0.05, 0.1) is 6.04 Å². The second-order valence-corrected chi connectivity index (χ2v) is 9.98. The van der Waals surface area contributed by atoms with Crippen LogP contribution in [0.4, 0.5) is 0 Å². The standard InChI is InChI=1S/C22H32N8O2/c1-21(2)8-4-6-11-12(5-3-7-13(11)21)18(32)26-15-10-30-20(25)27-14(9-23)16-22(30,17(15)31)29-19(24)28-16/h3,5,7,14-17,31H,4,6,8-10,23H2,1-2H3,(H2,25,27)(H,26,32)(H3,24,28,29)/p+1/t14-,15?,16-,17+,22-/m0/s1. The van der Waals surface area contributed by atoms with Gasteiger partial charge in [0.1, 0.15) is 12.1 Å². The summed E-state index contributed by atoms with van der Waals surface area (Å²) in [5.41, 5.74) is 20.2. The Morgan fingerprint density at radius 3 is 2.94 bits per heavy atom. The number of rotatable bonds is 3. The fourth-order valence-electron chi connectivity index (χ4n) is 6.11. The minimum absolute atomic E-state index is 0.0402. The Bertz CT molecular complexity index is 1020. The average Bonchev–Trinajstić information content (AvgIpc) is 3.24. The molecule has 10 nitrogen and oxygen atoms in total. The van der Waals surface area contributed by atoms with Crippen molar-refractivity contribution in [2.24, 2.45) is 22.2 Å². The Morgan fingerprint density at radius 2 is 2.19 bits per heavy atom. The molecule has 3 aliphatic heterocycles. The Morgan fingerprint density at radius 1 is 1.41 bits per heavy atom. The minimum Gasteiger partial charge on any atom is -0.385 e. The zero-order valence-electron chi connectivity index (χ0n) is 18.6. The molecule has 0 saturated carbocycles. The lowest BCUT2D eigenvalue weighted by Gasteiger charge is -2.43. The van der Waals surface area contributed by atoms with Crippen molar-refractivity contribution in [3.05, 3.63) is 34.9 Å². The van der Waals surface area contributed by atoms with Crippen molar-refractivity contribution in [2.75, 3.05) is 13.1 Å². The van der Waals surface area contributed by atoms with Gasteiger partial charge in [-0.05, 0) is 41.9 Å². The smallest absolute Gasteiger partial charge is 0.343 e. The molecular weight excluding hydrogens is 408 g/mol. The van der Waals surface area contributed by atoms with E-state index in [4.69, 9.17) is 17.2 Å². The van der Waals surface area contributed by atoms with Crippen LogP contribution >= 0.6 is 0 Å². The summed E-state index contributed by atoms with van der Waals surface area (Å²) in [5, 5.41) is 17.7. The number of guanidine groups is 2. The summed E-state index contributed by atoms with van der Waals surface area (Å²) in [4.78, 5) is 22.8. The molecule has 0 radical (unpaired) electrons. The molecule has 1 aromatic carbocycles. The lowest BCUT2D eigenvalue weighted by molar-refractivity contribution is -0.513. The molecule has 172 valence electrons. The van der Waals surface area contributed by atoms with Crippen molar-refractivity contribution >= 4 is 17.8 Å². The van der Waals surface area contributed by atoms with Gasteiger partial charge in [-0.2, -0.15) is 0 Å². The molecule has 1 aromatic rings. The Hall–Kier alpha value is -2.85.